The van der Waals surface area contributed by atoms with Crippen LogP contribution in [0.5, 0.6) is 0 Å². The smallest absolute Gasteiger partial charge is 0.333 e. The fourth-order valence-corrected chi connectivity index (χ4v) is 10.5. The van der Waals surface area contributed by atoms with Crippen LogP contribution in [0.15, 0.2) is 29.2 Å². The molecule has 0 radical (unpaired) electrons. The second-order valence-corrected chi connectivity index (χ2v) is 15.3. The second-order valence-electron chi connectivity index (χ2n) is 13.7. The molecule has 214 valence electrons. The van der Waals surface area contributed by atoms with Crippen molar-refractivity contribution in [2.45, 2.75) is 89.9 Å². The van der Waals surface area contributed by atoms with E-state index in [1.807, 2.05) is 13.8 Å². The van der Waals surface area contributed by atoms with Gasteiger partial charge in [-0.25, -0.2) is 4.79 Å². The van der Waals surface area contributed by atoms with Gasteiger partial charge < -0.3 is 14.6 Å². The van der Waals surface area contributed by atoms with Crippen LogP contribution in [0.4, 0.5) is 0 Å². The van der Waals surface area contributed by atoms with Gasteiger partial charge in [-0.2, -0.15) is 8.42 Å². The Hall–Kier alpha value is -1.81. The molecule has 0 amide bonds. The Bertz CT molecular complexity index is 1300. The topological polar surface area (TPSA) is 120 Å². The third-order valence-electron chi connectivity index (χ3n) is 11.9. The maximum atomic E-state index is 13.4. The summed E-state index contributed by atoms with van der Waals surface area (Å²) in [4.78, 5) is 26.6. The zero-order chi connectivity index (χ0) is 28.2. The van der Waals surface area contributed by atoms with Gasteiger partial charge in [-0.05, 0) is 67.9 Å². The van der Waals surface area contributed by atoms with E-state index in [4.69, 9.17) is 13.7 Å². The first-order chi connectivity index (χ1) is 18.2. The fraction of sp³-hybridized carbons (Fsp3) is 0.733. The van der Waals surface area contributed by atoms with Gasteiger partial charge in [0.05, 0.1) is 23.7 Å². The number of rotatable bonds is 6. The highest BCUT2D eigenvalue weighted by atomic mass is 32.2. The maximum Gasteiger partial charge on any atom is 0.333 e. The van der Waals surface area contributed by atoms with E-state index in [1.165, 1.54) is 12.1 Å². The minimum atomic E-state index is -4.14. The molecule has 1 aromatic carbocycles. The van der Waals surface area contributed by atoms with Crippen LogP contribution in [0.25, 0.3) is 0 Å². The lowest BCUT2D eigenvalue weighted by Crippen LogP contribution is -2.72. The predicted molar refractivity (Wildman–Crippen MR) is 141 cm³/mol. The number of esters is 1. The van der Waals surface area contributed by atoms with Crippen LogP contribution >= 0.6 is 0 Å². The molecule has 1 aromatic rings. The van der Waals surface area contributed by atoms with E-state index in [1.54, 1.807) is 12.1 Å². The quantitative estimate of drug-likeness (QED) is 0.317. The molecule has 4 saturated carbocycles. The van der Waals surface area contributed by atoms with Gasteiger partial charge >= 0.3 is 5.97 Å². The lowest BCUT2D eigenvalue weighted by atomic mass is 9.32. The molecule has 5 aliphatic rings. The van der Waals surface area contributed by atoms with Crippen molar-refractivity contribution < 1.29 is 36.8 Å². The summed E-state index contributed by atoms with van der Waals surface area (Å²) in [6.07, 6.45) is 1.72. The van der Waals surface area contributed by atoms with E-state index < -0.39 is 51.1 Å². The Morgan fingerprint density at radius 1 is 1.15 bits per heavy atom. The first-order valence-electron chi connectivity index (χ1n) is 14.2. The summed E-state index contributed by atoms with van der Waals surface area (Å²) in [6.45, 7) is 10.1. The van der Waals surface area contributed by atoms with E-state index in [-0.39, 0.29) is 34.2 Å². The Balaban J connectivity index is 1.32. The van der Waals surface area contributed by atoms with Crippen molar-refractivity contribution in [2.24, 2.45) is 39.4 Å². The van der Waals surface area contributed by atoms with E-state index in [9.17, 15) is 23.1 Å². The lowest BCUT2D eigenvalue weighted by Gasteiger charge is -2.71. The molecular formula is C30H40O8S. The van der Waals surface area contributed by atoms with E-state index >= 15 is 0 Å². The molecule has 39 heavy (non-hydrogen) atoms. The Morgan fingerprint density at radius 2 is 1.82 bits per heavy atom. The minimum Gasteiger partial charge on any atom is -0.460 e. The van der Waals surface area contributed by atoms with Crippen LogP contribution < -0.4 is 0 Å². The lowest BCUT2D eigenvalue weighted by molar-refractivity contribution is -0.263. The second kappa shape index (κ2) is 8.60. The van der Waals surface area contributed by atoms with Crippen molar-refractivity contribution >= 4 is 21.9 Å². The number of epoxide rings is 1. The molecule has 8 nitrogen and oxygen atoms in total. The number of ether oxygens (including phenoxy) is 2. The van der Waals surface area contributed by atoms with Crippen molar-refractivity contribution in [3.05, 3.63) is 29.8 Å². The van der Waals surface area contributed by atoms with Crippen molar-refractivity contribution in [2.75, 3.05) is 13.2 Å². The molecule has 1 N–H and O–H groups in total. The average molecular weight is 561 g/mol. The van der Waals surface area contributed by atoms with Crippen LogP contribution in [0, 0.1) is 46.3 Å². The molecule has 2 bridgehead atoms. The highest BCUT2D eigenvalue weighted by Gasteiger charge is 2.82. The molecule has 9 heteroatoms. The number of ketones is 1. The highest BCUT2D eigenvalue weighted by Crippen LogP contribution is 2.82. The summed E-state index contributed by atoms with van der Waals surface area (Å²) >= 11 is 0. The normalized spacial score (nSPS) is 46.5. The molecule has 4 aliphatic carbocycles. The first-order valence-corrected chi connectivity index (χ1v) is 15.6. The summed E-state index contributed by atoms with van der Waals surface area (Å²) in [7, 11) is -4.14. The zero-order valence-corrected chi connectivity index (χ0v) is 24.3. The first kappa shape index (κ1) is 27.4. The van der Waals surface area contributed by atoms with Crippen LogP contribution in [0.1, 0.15) is 65.4 Å². The summed E-state index contributed by atoms with van der Waals surface area (Å²) in [6, 6.07) is 6.23. The number of hydrogen-bond acceptors (Lipinski definition) is 8. The Morgan fingerprint density at radius 3 is 2.46 bits per heavy atom. The third-order valence-corrected chi connectivity index (χ3v) is 13.1. The van der Waals surface area contributed by atoms with Gasteiger partial charge in [0, 0.05) is 22.7 Å². The van der Waals surface area contributed by atoms with Gasteiger partial charge in [-0.1, -0.05) is 45.4 Å². The molecule has 2 unspecified atom stereocenters. The van der Waals surface area contributed by atoms with E-state index in [2.05, 4.69) is 20.8 Å². The number of hydrogen-bond donors (Lipinski definition) is 1. The molecule has 10 atom stereocenters. The van der Waals surface area contributed by atoms with Crippen molar-refractivity contribution in [1.82, 2.24) is 0 Å². The molecule has 1 saturated heterocycles. The van der Waals surface area contributed by atoms with Crippen LogP contribution in [0.2, 0.25) is 0 Å². The zero-order valence-electron chi connectivity index (χ0n) is 23.4. The Labute approximate surface area is 230 Å². The van der Waals surface area contributed by atoms with Gasteiger partial charge in [0.2, 0.25) is 0 Å². The summed E-state index contributed by atoms with van der Waals surface area (Å²) in [5.74, 6) is -0.385. The van der Waals surface area contributed by atoms with Crippen molar-refractivity contribution in [1.29, 1.82) is 0 Å². The van der Waals surface area contributed by atoms with Gasteiger partial charge in [-0.3, -0.25) is 8.98 Å². The molecule has 0 spiro atoms. The summed E-state index contributed by atoms with van der Waals surface area (Å²) < 4.78 is 42.5. The Kier molecular flexibility index (Phi) is 6.03. The highest BCUT2D eigenvalue weighted by molar-refractivity contribution is 7.86. The monoisotopic (exact) mass is 560 g/mol. The van der Waals surface area contributed by atoms with Gasteiger partial charge in [0.15, 0.2) is 6.61 Å². The number of aryl methyl sites for hydroxylation is 1. The number of aliphatic hydroxyl groups is 1. The standard InChI is InChI=1S/C30H40O8S/c1-17-6-8-20(9-7-17)39(34,35)37-15-24(32)38-22-13-27(4,23-14-36-23)25(33)19(3)29-11-10-21(31)30(16-29)12-18(2)28(22,5)26(29)30/h6-9,18-19,22-23,25-26,33H,10-16H2,1-5H3/t18-,19+,22-,23?,25+,26+,27-,28+,29-,30?/m1/s1. The molecule has 5 fully saturated rings. The number of Topliss-reactive ketones (excluding diaryl/α,β-unsaturated/α-hetero) is 1. The van der Waals surface area contributed by atoms with Gasteiger partial charge in [0.1, 0.15) is 11.9 Å². The molecule has 6 rings (SSSR count). The molecule has 0 aromatic heterocycles. The SMILES string of the molecule is Cc1ccc(S(=O)(=O)OCC(=O)O[C@@H]2C[C@](C)(C3CO3)[C@@H](O)[C@H](C)[C@]34CCC(=O)C5(C[C@@H](C)[C@]2(C)[C@H]53)C4)cc1. The largest absolute Gasteiger partial charge is 0.460 e. The summed E-state index contributed by atoms with van der Waals surface area (Å²) in [5.41, 5.74) is -0.890. The summed E-state index contributed by atoms with van der Waals surface area (Å²) in [5, 5.41) is 11.8. The van der Waals surface area contributed by atoms with E-state index in [0.29, 0.717) is 25.2 Å². The number of carbonyl (C=O) groups is 2. The van der Waals surface area contributed by atoms with E-state index in [0.717, 1.165) is 24.8 Å². The number of aliphatic hydroxyl groups excluding tert-OH is 1. The molecular weight excluding hydrogens is 520 g/mol. The van der Waals surface area contributed by atoms with Gasteiger partial charge in [0.25, 0.3) is 10.1 Å². The molecule has 1 aliphatic heterocycles. The number of benzene rings is 1. The van der Waals surface area contributed by atoms with Crippen LogP contribution in [0.3, 0.4) is 0 Å². The number of carbonyl (C=O) groups excluding carboxylic acids is 2. The minimum absolute atomic E-state index is 0.00178. The van der Waals surface area contributed by atoms with Crippen molar-refractivity contribution in [3.63, 3.8) is 0 Å². The predicted octanol–water partition coefficient (Wildman–Crippen LogP) is 3.82. The van der Waals surface area contributed by atoms with Crippen LogP contribution in [-0.2, 0) is 33.4 Å². The van der Waals surface area contributed by atoms with Crippen molar-refractivity contribution in [3.8, 4) is 0 Å². The maximum absolute atomic E-state index is 13.4. The molecule has 1 heterocycles. The third kappa shape index (κ3) is 3.68. The van der Waals surface area contributed by atoms with Crippen LogP contribution in [-0.4, -0.2) is 56.8 Å². The average Bonchev–Trinajstić information content (AvgIpc) is 3.70. The fourth-order valence-electron chi connectivity index (χ4n) is 9.66. The van der Waals surface area contributed by atoms with Gasteiger partial charge in [-0.15, -0.1) is 0 Å².